The predicted octanol–water partition coefficient (Wildman–Crippen LogP) is 1.98. The molecule has 0 radical (unpaired) electrons. The van der Waals surface area contributed by atoms with Crippen LogP contribution in [-0.4, -0.2) is 11.9 Å². The van der Waals surface area contributed by atoms with E-state index in [0.29, 0.717) is 6.42 Å². The molecule has 0 aromatic heterocycles. The number of hydrogen-bond donors (Lipinski definition) is 1. The number of nitrogens with one attached hydrogen (secondary N) is 1. The van der Waals surface area contributed by atoms with E-state index in [1.165, 1.54) is 0 Å². The lowest BCUT2D eigenvalue weighted by molar-refractivity contribution is -0.119. The molecule has 1 heterocycles. The van der Waals surface area contributed by atoms with Crippen LogP contribution in [0.5, 0.6) is 0 Å². The zero-order valence-electron chi connectivity index (χ0n) is 7.99. The van der Waals surface area contributed by atoms with Gasteiger partial charge in [-0.25, -0.2) is 0 Å². The molecule has 1 aliphatic rings. The van der Waals surface area contributed by atoms with Crippen molar-refractivity contribution in [2.75, 3.05) is 0 Å². The topological polar surface area (TPSA) is 29.1 Å². The van der Waals surface area contributed by atoms with Crippen molar-refractivity contribution >= 4 is 11.5 Å². The molecule has 1 aromatic carbocycles. The summed E-state index contributed by atoms with van der Waals surface area (Å²) < 4.78 is 0. The fourth-order valence-electron chi connectivity index (χ4n) is 1.73. The van der Waals surface area contributed by atoms with Crippen LogP contribution in [-0.2, 0) is 4.79 Å². The van der Waals surface area contributed by atoms with E-state index in [1.807, 2.05) is 30.3 Å². The standard InChI is InChI=1S/C12H13NO/c1-9(10-5-3-2-4-6-10)11-7-8-12(14)13-11/h2-6,11H,1,7-8H2,(H,13,14)/t11-/m1/s1. The monoisotopic (exact) mass is 187 g/mol. The maximum absolute atomic E-state index is 11.0. The van der Waals surface area contributed by atoms with Crippen molar-refractivity contribution in [3.8, 4) is 0 Å². The van der Waals surface area contributed by atoms with E-state index in [4.69, 9.17) is 0 Å². The van der Waals surface area contributed by atoms with Crippen molar-refractivity contribution in [1.29, 1.82) is 0 Å². The number of carbonyl (C=O) groups is 1. The Bertz CT molecular complexity index is 356. The molecule has 1 N–H and O–H groups in total. The van der Waals surface area contributed by atoms with Crippen LogP contribution in [0, 0.1) is 0 Å². The minimum Gasteiger partial charge on any atom is -0.349 e. The quantitative estimate of drug-likeness (QED) is 0.753. The molecule has 0 unspecified atom stereocenters. The van der Waals surface area contributed by atoms with Gasteiger partial charge in [0.1, 0.15) is 0 Å². The summed E-state index contributed by atoms with van der Waals surface area (Å²) in [5, 5.41) is 2.91. The molecule has 2 rings (SSSR count). The zero-order valence-corrected chi connectivity index (χ0v) is 7.99. The molecule has 0 saturated carbocycles. The van der Waals surface area contributed by atoms with Gasteiger partial charge in [0.25, 0.3) is 0 Å². The lowest BCUT2D eigenvalue weighted by Gasteiger charge is -2.13. The van der Waals surface area contributed by atoms with Crippen LogP contribution in [0.2, 0.25) is 0 Å². The average Bonchev–Trinajstić information content (AvgIpc) is 2.65. The summed E-state index contributed by atoms with van der Waals surface area (Å²) in [5.41, 5.74) is 2.12. The van der Waals surface area contributed by atoms with Crippen LogP contribution in [0.4, 0.5) is 0 Å². The summed E-state index contributed by atoms with van der Waals surface area (Å²) in [5.74, 6) is 0.132. The molecule has 1 fully saturated rings. The van der Waals surface area contributed by atoms with Crippen LogP contribution in [0.25, 0.3) is 5.57 Å². The smallest absolute Gasteiger partial charge is 0.220 e. The SMILES string of the molecule is C=C(c1ccccc1)[C@H]1CCC(=O)N1. The van der Waals surface area contributed by atoms with Gasteiger partial charge < -0.3 is 5.32 Å². The Kier molecular flexibility index (Phi) is 2.35. The summed E-state index contributed by atoms with van der Waals surface area (Å²) in [4.78, 5) is 11.0. The third kappa shape index (κ3) is 1.69. The molecule has 72 valence electrons. The van der Waals surface area contributed by atoms with Crippen LogP contribution in [0.15, 0.2) is 36.9 Å². The second-order valence-electron chi connectivity index (χ2n) is 3.55. The van der Waals surface area contributed by atoms with E-state index >= 15 is 0 Å². The number of benzene rings is 1. The van der Waals surface area contributed by atoms with Gasteiger partial charge >= 0.3 is 0 Å². The van der Waals surface area contributed by atoms with Crippen molar-refractivity contribution in [1.82, 2.24) is 5.32 Å². The average molecular weight is 187 g/mol. The largest absolute Gasteiger partial charge is 0.349 e. The first kappa shape index (κ1) is 9.00. The van der Waals surface area contributed by atoms with E-state index in [2.05, 4.69) is 11.9 Å². The summed E-state index contributed by atoms with van der Waals surface area (Å²) in [7, 11) is 0. The van der Waals surface area contributed by atoms with Crippen molar-refractivity contribution < 1.29 is 4.79 Å². The summed E-state index contributed by atoms with van der Waals surface area (Å²) in [6.07, 6.45) is 1.49. The Labute approximate surface area is 83.6 Å². The maximum atomic E-state index is 11.0. The van der Waals surface area contributed by atoms with Crippen LogP contribution in [0.1, 0.15) is 18.4 Å². The van der Waals surface area contributed by atoms with Gasteiger partial charge in [-0.1, -0.05) is 36.9 Å². The van der Waals surface area contributed by atoms with Crippen molar-refractivity contribution in [3.63, 3.8) is 0 Å². The fraction of sp³-hybridized carbons (Fsp3) is 0.250. The highest BCUT2D eigenvalue weighted by Gasteiger charge is 2.23. The van der Waals surface area contributed by atoms with Gasteiger partial charge in [0.2, 0.25) is 5.91 Å². The molecule has 1 aromatic rings. The lowest BCUT2D eigenvalue weighted by atomic mass is 9.99. The third-order valence-electron chi connectivity index (χ3n) is 2.56. The molecule has 1 aliphatic heterocycles. The van der Waals surface area contributed by atoms with Crippen molar-refractivity contribution in [3.05, 3.63) is 42.5 Å². The van der Waals surface area contributed by atoms with Gasteiger partial charge in [-0.15, -0.1) is 0 Å². The van der Waals surface area contributed by atoms with E-state index in [9.17, 15) is 4.79 Å². The highest BCUT2D eigenvalue weighted by Crippen LogP contribution is 2.22. The van der Waals surface area contributed by atoms with Crippen LogP contribution >= 0.6 is 0 Å². The van der Waals surface area contributed by atoms with Gasteiger partial charge in [-0.05, 0) is 17.6 Å². The van der Waals surface area contributed by atoms with E-state index in [0.717, 1.165) is 17.6 Å². The van der Waals surface area contributed by atoms with E-state index < -0.39 is 0 Å². The van der Waals surface area contributed by atoms with Crippen molar-refractivity contribution in [2.24, 2.45) is 0 Å². The molecule has 0 spiro atoms. The van der Waals surface area contributed by atoms with Crippen LogP contribution in [0.3, 0.4) is 0 Å². The van der Waals surface area contributed by atoms with Gasteiger partial charge in [0.05, 0.1) is 6.04 Å². The molecular weight excluding hydrogens is 174 g/mol. The first-order chi connectivity index (χ1) is 6.77. The minimum atomic E-state index is 0.130. The van der Waals surface area contributed by atoms with Crippen molar-refractivity contribution in [2.45, 2.75) is 18.9 Å². The number of hydrogen-bond acceptors (Lipinski definition) is 1. The minimum absolute atomic E-state index is 0.130. The Morgan fingerprint density at radius 1 is 1.36 bits per heavy atom. The molecule has 0 aliphatic carbocycles. The first-order valence-electron chi connectivity index (χ1n) is 4.81. The number of amides is 1. The Hall–Kier alpha value is -1.57. The highest BCUT2D eigenvalue weighted by molar-refractivity contribution is 5.83. The van der Waals surface area contributed by atoms with Gasteiger partial charge in [0, 0.05) is 6.42 Å². The zero-order chi connectivity index (χ0) is 9.97. The Morgan fingerprint density at radius 2 is 2.07 bits per heavy atom. The van der Waals surface area contributed by atoms with Gasteiger partial charge in [0.15, 0.2) is 0 Å². The Balaban J connectivity index is 2.13. The fourth-order valence-corrected chi connectivity index (χ4v) is 1.73. The molecule has 0 bridgehead atoms. The first-order valence-corrected chi connectivity index (χ1v) is 4.81. The molecular formula is C12H13NO. The molecule has 1 saturated heterocycles. The third-order valence-corrected chi connectivity index (χ3v) is 2.56. The normalized spacial score (nSPS) is 20.6. The molecule has 14 heavy (non-hydrogen) atoms. The summed E-state index contributed by atoms with van der Waals surface area (Å²) in [6, 6.07) is 10.1. The second kappa shape index (κ2) is 3.66. The maximum Gasteiger partial charge on any atom is 0.220 e. The summed E-state index contributed by atoms with van der Waals surface area (Å²) >= 11 is 0. The van der Waals surface area contributed by atoms with Gasteiger partial charge in [-0.3, -0.25) is 4.79 Å². The predicted molar refractivity (Wildman–Crippen MR) is 56.6 cm³/mol. The number of carbonyl (C=O) groups excluding carboxylic acids is 1. The highest BCUT2D eigenvalue weighted by atomic mass is 16.1. The second-order valence-corrected chi connectivity index (χ2v) is 3.55. The van der Waals surface area contributed by atoms with E-state index in [1.54, 1.807) is 0 Å². The molecule has 1 atom stereocenters. The lowest BCUT2D eigenvalue weighted by Crippen LogP contribution is -2.25. The molecule has 2 heteroatoms. The Morgan fingerprint density at radius 3 is 2.64 bits per heavy atom. The molecule has 1 amide bonds. The number of rotatable bonds is 2. The molecule has 2 nitrogen and oxygen atoms in total. The van der Waals surface area contributed by atoms with E-state index in [-0.39, 0.29) is 11.9 Å². The van der Waals surface area contributed by atoms with Crippen LogP contribution < -0.4 is 5.32 Å². The summed E-state index contributed by atoms with van der Waals surface area (Å²) in [6.45, 7) is 4.03. The van der Waals surface area contributed by atoms with Gasteiger partial charge in [-0.2, -0.15) is 0 Å².